The number of carbonyl (C=O) groups excluding carboxylic acids is 1. The van der Waals surface area contributed by atoms with Gasteiger partial charge in [-0.1, -0.05) is 5.92 Å². The lowest BCUT2D eigenvalue weighted by molar-refractivity contribution is -0.108. The van der Waals surface area contributed by atoms with Crippen LogP contribution in [0, 0.1) is 12.3 Å². The Hall–Kier alpha value is -0.900. The molecule has 0 spiro atoms. The molecule has 0 aromatic rings. The van der Waals surface area contributed by atoms with Gasteiger partial charge in [0.05, 0.1) is 6.61 Å². The van der Waals surface area contributed by atoms with Crippen LogP contribution in [0.25, 0.3) is 0 Å². The lowest BCUT2D eigenvalue weighted by atomic mass is 10.5. The van der Waals surface area contributed by atoms with Crippen molar-refractivity contribution in [2.45, 2.75) is 6.42 Å². The molecule has 0 unspecified atom stereocenters. The fourth-order valence-corrected chi connectivity index (χ4v) is 1.09. The van der Waals surface area contributed by atoms with E-state index in [1.807, 2.05) is 5.92 Å². The Labute approximate surface area is 77.2 Å². The normalized spacial score (nSPS) is 10.7. The Kier molecular flexibility index (Phi) is 6.14. The summed E-state index contributed by atoms with van der Waals surface area (Å²) in [7, 11) is -3.70. The van der Waals surface area contributed by atoms with E-state index in [-0.39, 0.29) is 19.6 Å². The van der Waals surface area contributed by atoms with Gasteiger partial charge in [-0.05, 0) is 0 Å². The lowest BCUT2D eigenvalue weighted by Crippen LogP contribution is -2.14. The Morgan fingerprint density at radius 1 is 1.46 bits per heavy atom. The molecule has 0 aliphatic rings. The van der Waals surface area contributed by atoms with Gasteiger partial charge in [-0.15, -0.1) is 6.42 Å². The summed E-state index contributed by atoms with van der Waals surface area (Å²) >= 11 is 0. The standard InChI is InChI=1S/C7H10O5S/c1-2-5-12-13(9,10)7-11-6-3-4-8/h1,4H,3,5-7H2. The van der Waals surface area contributed by atoms with Gasteiger partial charge >= 0.3 is 0 Å². The SMILES string of the molecule is C#CCOS(=O)(=O)COCCC=O. The third-order valence-corrected chi connectivity index (χ3v) is 1.86. The van der Waals surface area contributed by atoms with Crippen molar-refractivity contribution in [1.29, 1.82) is 0 Å². The van der Waals surface area contributed by atoms with Crippen molar-refractivity contribution in [2.75, 3.05) is 19.2 Å². The molecule has 0 aliphatic carbocycles. The highest BCUT2D eigenvalue weighted by molar-refractivity contribution is 7.86. The summed E-state index contributed by atoms with van der Waals surface area (Å²) in [5.41, 5.74) is 0. The van der Waals surface area contributed by atoms with Crippen LogP contribution in [-0.4, -0.2) is 33.9 Å². The number of rotatable bonds is 7. The van der Waals surface area contributed by atoms with E-state index in [1.54, 1.807) is 0 Å². The van der Waals surface area contributed by atoms with E-state index >= 15 is 0 Å². The Balaban J connectivity index is 3.65. The molecule has 0 aromatic heterocycles. The van der Waals surface area contributed by atoms with Crippen molar-refractivity contribution in [1.82, 2.24) is 0 Å². The highest BCUT2D eigenvalue weighted by Crippen LogP contribution is 1.93. The average Bonchev–Trinajstić information content (AvgIpc) is 2.09. The predicted octanol–water partition coefficient (Wildman–Crippen LogP) is -0.471. The second-order valence-corrected chi connectivity index (χ2v) is 3.59. The molecule has 0 saturated heterocycles. The van der Waals surface area contributed by atoms with Gasteiger partial charge in [0, 0.05) is 6.42 Å². The van der Waals surface area contributed by atoms with E-state index in [0.29, 0.717) is 6.29 Å². The third-order valence-electron chi connectivity index (χ3n) is 0.930. The van der Waals surface area contributed by atoms with Gasteiger partial charge < -0.3 is 9.53 Å². The van der Waals surface area contributed by atoms with E-state index in [4.69, 9.17) is 6.42 Å². The van der Waals surface area contributed by atoms with Gasteiger partial charge in [0.2, 0.25) is 0 Å². The second-order valence-electron chi connectivity index (χ2n) is 2.01. The molecule has 0 rings (SSSR count). The summed E-state index contributed by atoms with van der Waals surface area (Å²) in [5.74, 6) is 1.43. The summed E-state index contributed by atoms with van der Waals surface area (Å²) in [6.07, 6.45) is 5.58. The average molecular weight is 206 g/mol. The Morgan fingerprint density at radius 2 is 2.15 bits per heavy atom. The number of ether oxygens (including phenoxy) is 1. The maximum atomic E-state index is 10.8. The topological polar surface area (TPSA) is 69.7 Å². The highest BCUT2D eigenvalue weighted by Gasteiger charge is 2.09. The highest BCUT2D eigenvalue weighted by atomic mass is 32.2. The van der Waals surface area contributed by atoms with Gasteiger partial charge in [-0.25, -0.2) is 0 Å². The molecule has 5 nitrogen and oxygen atoms in total. The van der Waals surface area contributed by atoms with E-state index in [1.165, 1.54) is 0 Å². The summed E-state index contributed by atoms with van der Waals surface area (Å²) in [6, 6.07) is 0. The van der Waals surface area contributed by atoms with Crippen LogP contribution in [0.15, 0.2) is 0 Å². The molecule has 0 aliphatic heterocycles. The molecule has 0 N–H and O–H groups in total. The van der Waals surface area contributed by atoms with E-state index < -0.39 is 16.1 Å². The molecule has 0 aromatic carbocycles. The fourth-order valence-electron chi connectivity index (χ4n) is 0.450. The van der Waals surface area contributed by atoms with E-state index in [2.05, 4.69) is 8.92 Å². The summed E-state index contributed by atoms with van der Waals surface area (Å²) in [5, 5.41) is 0. The number of hydrogen-bond donors (Lipinski definition) is 0. The first-order chi connectivity index (χ1) is 6.12. The van der Waals surface area contributed by atoms with Crippen LogP contribution in [0.2, 0.25) is 0 Å². The Morgan fingerprint density at radius 3 is 2.69 bits per heavy atom. The van der Waals surface area contributed by atoms with Crippen LogP contribution in [-0.2, 0) is 23.8 Å². The Bertz CT molecular complexity index is 274. The zero-order valence-corrected chi connectivity index (χ0v) is 7.75. The van der Waals surface area contributed by atoms with Crippen molar-refractivity contribution in [3.8, 4) is 12.3 Å². The summed E-state index contributed by atoms with van der Waals surface area (Å²) in [6.45, 7) is -0.248. The van der Waals surface area contributed by atoms with Gasteiger partial charge in [0.25, 0.3) is 10.1 Å². The number of hydrogen-bond acceptors (Lipinski definition) is 5. The molecule has 13 heavy (non-hydrogen) atoms. The van der Waals surface area contributed by atoms with Crippen LogP contribution >= 0.6 is 0 Å². The minimum Gasteiger partial charge on any atom is -0.363 e. The van der Waals surface area contributed by atoms with Crippen LogP contribution in [0.1, 0.15) is 6.42 Å². The molecule has 0 atom stereocenters. The first-order valence-corrected chi connectivity index (χ1v) is 5.02. The third kappa shape index (κ3) is 7.46. The summed E-state index contributed by atoms with van der Waals surface area (Å²) in [4.78, 5) is 9.81. The molecular weight excluding hydrogens is 196 g/mol. The number of carbonyl (C=O) groups is 1. The van der Waals surface area contributed by atoms with Gasteiger partial charge in [0.15, 0.2) is 5.94 Å². The van der Waals surface area contributed by atoms with Gasteiger partial charge in [-0.2, -0.15) is 8.42 Å². The zero-order chi connectivity index (χ0) is 10.2. The van der Waals surface area contributed by atoms with Gasteiger partial charge in [-0.3, -0.25) is 4.18 Å². The monoisotopic (exact) mass is 206 g/mol. The molecule has 0 fully saturated rings. The first kappa shape index (κ1) is 12.1. The fraction of sp³-hybridized carbons (Fsp3) is 0.571. The van der Waals surface area contributed by atoms with E-state index in [0.717, 1.165) is 0 Å². The van der Waals surface area contributed by atoms with Crippen LogP contribution in [0.5, 0.6) is 0 Å². The quantitative estimate of drug-likeness (QED) is 0.244. The van der Waals surface area contributed by atoms with E-state index in [9.17, 15) is 13.2 Å². The lowest BCUT2D eigenvalue weighted by Gasteiger charge is -2.02. The zero-order valence-electron chi connectivity index (χ0n) is 6.93. The molecule has 0 bridgehead atoms. The number of terminal acetylenes is 1. The molecule has 6 heteroatoms. The molecule has 0 heterocycles. The molecular formula is C7H10O5S. The maximum absolute atomic E-state index is 10.8. The number of aldehydes is 1. The van der Waals surface area contributed by atoms with Crippen molar-refractivity contribution in [3.63, 3.8) is 0 Å². The molecule has 0 saturated carbocycles. The molecule has 0 radical (unpaired) electrons. The van der Waals surface area contributed by atoms with Crippen molar-refractivity contribution < 1.29 is 22.1 Å². The van der Waals surface area contributed by atoms with Crippen LogP contribution in [0.3, 0.4) is 0 Å². The van der Waals surface area contributed by atoms with Crippen molar-refractivity contribution >= 4 is 16.4 Å². The van der Waals surface area contributed by atoms with Crippen molar-refractivity contribution in [3.05, 3.63) is 0 Å². The smallest absolute Gasteiger partial charge is 0.292 e. The van der Waals surface area contributed by atoms with Crippen LogP contribution < -0.4 is 0 Å². The first-order valence-electron chi connectivity index (χ1n) is 3.44. The second kappa shape index (κ2) is 6.60. The largest absolute Gasteiger partial charge is 0.363 e. The maximum Gasteiger partial charge on any atom is 0.292 e. The minimum atomic E-state index is -3.70. The predicted molar refractivity (Wildman–Crippen MR) is 45.2 cm³/mol. The summed E-state index contributed by atoms with van der Waals surface area (Å²) < 4.78 is 30.5. The molecule has 0 amide bonds. The van der Waals surface area contributed by atoms with Gasteiger partial charge in [0.1, 0.15) is 12.9 Å². The minimum absolute atomic E-state index is 0.0577. The van der Waals surface area contributed by atoms with Crippen LogP contribution in [0.4, 0.5) is 0 Å². The molecule has 74 valence electrons. The van der Waals surface area contributed by atoms with Crippen molar-refractivity contribution in [2.24, 2.45) is 0 Å².